The molecule has 1 unspecified atom stereocenters. The summed E-state index contributed by atoms with van der Waals surface area (Å²) in [6.07, 6.45) is 10.5. The molecule has 1 aliphatic carbocycles. The minimum absolute atomic E-state index is 0.585. The zero-order valence-electron chi connectivity index (χ0n) is 11.2. The van der Waals surface area contributed by atoms with Crippen molar-refractivity contribution in [3.63, 3.8) is 0 Å². The molecular weight excluding hydrogens is 208 g/mol. The van der Waals surface area contributed by atoms with Gasteiger partial charge in [-0.1, -0.05) is 18.9 Å². The van der Waals surface area contributed by atoms with Gasteiger partial charge >= 0.3 is 0 Å². The molecule has 1 rings (SSSR count). The number of nitriles is 1. The van der Waals surface area contributed by atoms with Gasteiger partial charge in [0.25, 0.3) is 0 Å². The van der Waals surface area contributed by atoms with Gasteiger partial charge in [-0.3, -0.25) is 4.90 Å². The molecule has 0 aliphatic heterocycles. The van der Waals surface area contributed by atoms with E-state index in [1.807, 2.05) is 6.08 Å². The highest BCUT2D eigenvalue weighted by molar-refractivity contribution is 4.81. The van der Waals surface area contributed by atoms with E-state index in [-0.39, 0.29) is 0 Å². The first-order valence-corrected chi connectivity index (χ1v) is 6.99. The molecule has 0 spiro atoms. The van der Waals surface area contributed by atoms with Gasteiger partial charge in [-0.25, -0.2) is 0 Å². The summed E-state index contributed by atoms with van der Waals surface area (Å²) in [6.45, 7) is 8.36. The van der Waals surface area contributed by atoms with Crippen LogP contribution in [-0.4, -0.2) is 24.0 Å². The van der Waals surface area contributed by atoms with E-state index in [0.717, 1.165) is 25.3 Å². The third-order valence-electron chi connectivity index (χ3n) is 3.86. The summed E-state index contributed by atoms with van der Waals surface area (Å²) in [6, 6.07) is 2.81. The molecule has 17 heavy (non-hydrogen) atoms. The first-order chi connectivity index (χ1) is 8.27. The highest BCUT2D eigenvalue weighted by atomic mass is 15.1. The number of rotatable bonds is 8. The summed E-state index contributed by atoms with van der Waals surface area (Å²) in [5.41, 5.74) is 0. The summed E-state index contributed by atoms with van der Waals surface area (Å²) in [4.78, 5) is 2.54. The second kappa shape index (κ2) is 8.31. The fourth-order valence-corrected chi connectivity index (χ4v) is 2.78. The van der Waals surface area contributed by atoms with Gasteiger partial charge in [0.15, 0.2) is 0 Å². The highest BCUT2D eigenvalue weighted by Gasteiger charge is 2.20. The molecule has 0 saturated heterocycles. The Labute approximate surface area is 106 Å². The van der Waals surface area contributed by atoms with Crippen molar-refractivity contribution in [1.29, 1.82) is 5.26 Å². The molecule has 0 aromatic heterocycles. The minimum atomic E-state index is 0.585. The van der Waals surface area contributed by atoms with Crippen LogP contribution in [0.3, 0.4) is 0 Å². The van der Waals surface area contributed by atoms with Crippen LogP contribution in [0.5, 0.6) is 0 Å². The van der Waals surface area contributed by atoms with Gasteiger partial charge in [0, 0.05) is 25.6 Å². The predicted octanol–water partition coefficient (Wildman–Crippen LogP) is 3.75. The lowest BCUT2D eigenvalue weighted by Crippen LogP contribution is -2.36. The molecule has 2 nitrogen and oxygen atoms in total. The molecule has 2 heteroatoms. The normalized spacial score (nSPS) is 18.2. The van der Waals surface area contributed by atoms with Crippen LogP contribution in [-0.2, 0) is 0 Å². The highest BCUT2D eigenvalue weighted by Crippen LogP contribution is 2.26. The van der Waals surface area contributed by atoms with E-state index in [4.69, 9.17) is 5.26 Å². The Bertz CT molecular complexity index is 248. The lowest BCUT2D eigenvalue weighted by Gasteiger charge is -2.30. The summed E-state index contributed by atoms with van der Waals surface area (Å²) in [5.74, 6) is 0.897. The van der Waals surface area contributed by atoms with E-state index >= 15 is 0 Å². The monoisotopic (exact) mass is 234 g/mol. The quantitative estimate of drug-likeness (QED) is 0.472. The molecule has 1 saturated carbocycles. The topological polar surface area (TPSA) is 27.0 Å². The maximum absolute atomic E-state index is 8.57. The van der Waals surface area contributed by atoms with Crippen molar-refractivity contribution in [2.45, 2.75) is 57.9 Å². The first-order valence-electron chi connectivity index (χ1n) is 6.99. The number of hydrogen-bond donors (Lipinski definition) is 0. The van der Waals surface area contributed by atoms with Crippen LogP contribution >= 0.6 is 0 Å². The molecule has 96 valence electrons. The average Bonchev–Trinajstić information content (AvgIpc) is 2.81. The van der Waals surface area contributed by atoms with Gasteiger partial charge in [-0.15, -0.1) is 6.58 Å². The summed E-state index contributed by atoms with van der Waals surface area (Å²) >= 11 is 0. The van der Waals surface area contributed by atoms with Crippen molar-refractivity contribution in [2.75, 3.05) is 13.1 Å². The van der Waals surface area contributed by atoms with Gasteiger partial charge in [-0.05, 0) is 38.5 Å². The second-order valence-corrected chi connectivity index (χ2v) is 5.29. The van der Waals surface area contributed by atoms with Crippen LogP contribution in [0.4, 0.5) is 0 Å². The van der Waals surface area contributed by atoms with Crippen molar-refractivity contribution in [3.8, 4) is 6.07 Å². The Morgan fingerprint density at radius 1 is 1.47 bits per heavy atom. The predicted molar refractivity (Wildman–Crippen MR) is 72.7 cm³/mol. The molecule has 0 bridgehead atoms. The maximum Gasteiger partial charge on any atom is 0.0621 e. The van der Waals surface area contributed by atoms with Crippen molar-refractivity contribution in [3.05, 3.63) is 12.7 Å². The Balaban J connectivity index is 2.34. The lowest BCUT2D eigenvalue weighted by atomic mass is 10.0. The Morgan fingerprint density at radius 2 is 2.18 bits per heavy atom. The molecule has 1 fully saturated rings. The first kappa shape index (κ1) is 14.3. The van der Waals surface area contributed by atoms with Crippen LogP contribution in [0.25, 0.3) is 0 Å². The van der Waals surface area contributed by atoms with Crippen LogP contribution in [0, 0.1) is 17.2 Å². The van der Waals surface area contributed by atoms with Crippen molar-refractivity contribution < 1.29 is 0 Å². The standard InChI is InChI=1S/C15H26N2/c1-3-12-17(13-15-9-4-5-10-15)14(2)8-6-7-11-16/h3,14-15H,1,4-10,12-13H2,2H3. The Hall–Kier alpha value is -0.810. The minimum Gasteiger partial charge on any atom is -0.297 e. The maximum atomic E-state index is 8.57. The molecule has 0 aromatic carbocycles. The Kier molecular flexibility index (Phi) is 6.96. The van der Waals surface area contributed by atoms with Crippen LogP contribution in [0.1, 0.15) is 51.9 Å². The van der Waals surface area contributed by atoms with E-state index in [1.54, 1.807) is 0 Å². The van der Waals surface area contributed by atoms with E-state index in [1.165, 1.54) is 32.2 Å². The van der Waals surface area contributed by atoms with Gasteiger partial charge in [0.2, 0.25) is 0 Å². The van der Waals surface area contributed by atoms with Crippen LogP contribution in [0.2, 0.25) is 0 Å². The van der Waals surface area contributed by atoms with Crippen LogP contribution < -0.4 is 0 Å². The van der Waals surface area contributed by atoms with Crippen LogP contribution in [0.15, 0.2) is 12.7 Å². The van der Waals surface area contributed by atoms with E-state index in [0.29, 0.717) is 12.5 Å². The van der Waals surface area contributed by atoms with Gasteiger partial charge < -0.3 is 0 Å². The van der Waals surface area contributed by atoms with Crippen molar-refractivity contribution >= 4 is 0 Å². The zero-order valence-corrected chi connectivity index (χ0v) is 11.2. The fraction of sp³-hybridized carbons (Fsp3) is 0.800. The van der Waals surface area contributed by atoms with Gasteiger partial charge in [0.1, 0.15) is 0 Å². The van der Waals surface area contributed by atoms with Crippen molar-refractivity contribution in [2.24, 2.45) is 5.92 Å². The number of nitrogens with zero attached hydrogens (tertiary/aromatic N) is 2. The summed E-state index contributed by atoms with van der Waals surface area (Å²) < 4.78 is 0. The molecule has 0 heterocycles. The van der Waals surface area contributed by atoms with Gasteiger partial charge in [-0.2, -0.15) is 5.26 Å². The molecule has 1 atom stereocenters. The molecule has 0 aromatic rings. The average molecular weight is 234 g/mol. The molecular formula is C15H26N2. The van der Waals surface area contributed by atoms with E-state index in [9.17, 15) is 0 Å². The third-order valence-corrected chi connectivity index (χ3v) is 3.86. The Morgan fingerprint density at radius 3 is 2.76 bits per heavy atom. The summed E-state index contributed by atoms with van der Waals surface area (Å²) in [5, 5.41) is 8.57. The third kappa shape index (κ3) is 5.37. The SMILES string of the molecule is C=CCN(CC1CCCC1)C(C)CCCC#N. The molecule has 0 radical (unpaired) electrons. The van der Waals surface area contributed by atoms with Crippen molar-refractivity contribution in [1.82, 2.24) is 4.90 Å². The van der Waals surface area contributed by atoms with E-state index < -0.39 is 0 Å². The number of hydrogen-bond acceptors (Lipinski definition) is 2. The molecule has 0 N–H and O–H groups in total. The van der Waals surface area contributed by atoms with Gasteiger partial charge in [0.05, 0.1) is 6.07 Å². The summed E-state index contributed by atoms with van der Waals surface area (Å²) in [7, 11) is 0. The number of unbranched alkanes of at least 4 members (excludes halogenated alkanes) is 1. The lowest BCUT2D eigenvalue weighted by molar-refractivity contribution is 0.186. The fourth-order valence-electron chi connectivity index (χ4n) is 2.78. The zero-order chi connectivity index (χ0) is 12.5. The molecule has 1 aliphatic rings. The largest absolute Gasteiger partial charge is 0.297 e. The smallest absolute Gasteiger partial charge is 0.0621 e. The molecule has 0 amide bonds. The second-order valence-electron chi connectivity index (χ2n) is 5.29. The van der Waals surface area contributed by atoms with E-state index in [2.05, 4.69) is 24.5 Å².